The lowest BCUT2D eigenvalue weighted by molar-refractivity contribution is -0.142. The number of aliphatic carboxylic acids is 1. The third-order valence-electron chi connectivity index (χ3n) is 2.56. The summed E-state index contributed by atoms with van der Waals surface area (Å²) in [5.74, 6) is -1.01. The standard InChI is InChI=1S/C13H16O4/c1-8-6-10(3)11(7-9(8)2)17-13(16)5-4-12(14)15/h6-7H,4-5H2,1-3H3,(H,14,15). The van der Waals surface area contributed by atoms with Crippen molar-refractivity contribution in [3.8, 4) is 5.75 Å². The number of carboxylic acids is 1. The Balaban J connectivity index is 2.71. The van der Waals surface area contributed by atoms with Crippen LogP contribution >= 0.6 is 0 Å². The first-order chi connectivity index (χ1) is 7.90. The van der Waals surface area contributed by atoms with Crippen molar-refractivity contribution in [3.05, 3.63) is 28.8 Å². The van der Waals surface area contributed by atoms with E-state index in [-0.39, 0.29) is 12.8 Å². The van der Waals surface area contributed by atoms with Gasteiger partial charge in [0.05, 0.1) is 12.8 Å². The zero-order valence-corrected chi connectivity index (χ0v) is 10.2. The zero-order chi connectivity index (χ0) is 13.0. The molecule has 0 aliphatic carbocycles. The summed E-state index contributed by atoms with van der Waals surface area (Å²) in [5, 5.41) is 8.46. The molecule has 1 N–H and O–H groups in total. The number of hydrogen-bond acceptors (Lipinski definition) is 3. The van der Waals surface area contributed by atoms with Crippen molar-refractivity contribution in [2.45, 2.75) is 33.6 Å². The Kier molecular flexibility index (Phi) is 4.26. The average molecular weight is 236 g/mol. The lowest BCUT2D eigenvalue weighted by Gasteiger charge is -2.09. The number of carbonyl (C=O) groups is 2. The molecule has 0 spiro atoms. The summed E-state index contributed by atoms with van der Waals surface area (Å²) < 4.78 is 5.13. The molecule has 0 atom stereocenters. The summed E-state index contributed by atoms with van der Waals surface area (Å²) in [6.45, 7) is 5.77. The molecular formula is C13H16O4. The molecule has 0 bridgehead atoms. The van der Waals surface area contributed by atoms with Crippen molar-refractivity contribution in [2.75, 3.05) is 0 Å². The van der Waals surface area contributed by atoms with Crippen LogP contribution in [-0.2, 0) is 9.59 Å². The molecule has 4 heteroatoms. The topological polar surface area (TPSA) is 63.6 Å². The zero-order valence-electron chi connectivity index (χ0n) is 10.2. The molecule has 0 aromatic heterocycles. The van der Waals surface area contributed by atoms with Crippen molar-refractivity contribution < 1.29 is 19.4 Å². The van der Waals surface area contributed by atoms with Crippen molar-refractivity contribution in [3.63, 3.8) is 0 Å². The van der Waals surface area contributed by atoms with Crippen molar-refractivity contribution in [2.24, 2.45) is 0 Å². The molecular weight excluding hydrogens is 220 g/mol. The number of hydrogen-bond donors (Lipinski definition) is 1. The van der Waals surface area contributed by atoms with Gasteiger partial charge < -0.3 is 9.84 Å². The SMILES string of the molecule is Cc1cc(C)c(OC(=O)CCC(=O)O)cc1C. The Morgan fingerprint density at radius 1 is 1.06 bits per heavy atom. The van der Waals surface area contributed by atoms with Crippen LogP contribution in [0.5, 0.6) is 5.75 Å². The van der Waals surface area contributed by atoms with Crippen LogP contribution in [0.25, 0.3) is 0 Å². The molecule has 1 aromatic carbocycles. The Morgan fingerprint density at radius 3 is 2.24 bits per heavy atom. The van der Waals surface area contributed by atoms with Gasteiger partial charge >= 0.3 is 11.9 Å². The van der Waals surface area contributed by atoms with Crippen LogP contribution in [0.3, 0.4) is 0 Å². The lowest BCUT2D eigenvalue weighted by atomic mass is 10.1. The minimum atomic E-state index is -1.00. The van der Waals surface area contributed by atoms with Crippen LogP contribution < -0.4 is 4.74 Å². The van der Waals surface area contributed by atoms with E-state index in [9.17, 15) is 9.59 Å². The number of ether oxygens (including phenoxy) is 1. The largest absolute Gasteiger partial charge is 0.481 e. The fraction of sp³-hybridized carbons (Fsp3) is 0.385. The molecule has 1 aromatic rings. The van der Waals surface area contributed by atoms with Crippen molar-refractivity contribution in [1.29, 1.82) is 0 Å². The number of carbonyl (C=O) groups excluding carboxylic acids is 1. The molecule has 0 unspecified atom stereocenters. The highest BCUT2D eigenvalue weighted by Gasteiger charge is 2.10. The van der Waals surface area contributed by atoms with Gasteiger partial charge in [-0.05, 0) is 43.5 Å². The molecule has 1 rings (SSSR count). The normalized spacial score (nSPS) is 10.1. The van der Waals surface area contributed by atoms with Gasteiger partial charge in [0.1, 0.15) is 5.75 Å². The fourth-order valence-corrected chi connectivity index (χ4v) is 1.43. The maximum atomic E-state index is 11.4. The number of benzene rings is 1. The molecule has 4 nitrogen and oxygen atoms in total. The van der Waals surface area contributed by atoms with E-state index in [1.165, 1.54) is 0 Å². The van der Waals surface area contributed by atoms with E-state index in [0.29, 0.717) is 5.75 Å². The molecule has 0 heterocycles. The molecule has 0 radical (unpaired) electrons. The van der Waals surface area contributed by atoms with E-state index >= 15 is 0 Å². The molecule has 0 aliphatic rings. The summed E-state index contributed by atoms with van der Waals surface area (Å²) in [6.07, 6.45) is -0.315. The van der Waals surface area contributed by atoms with E-state index in [2.05, 4.69) is 0 Å². The van der Waals surface area contributed by atoms with Gasteiger partial charge in [-0.3, -0.25) is 9.59 Å². The highest BCUT2D eigenvalue weighted by Crippen LogP contribution is 2.22. The molecule has 0 saturated carbocycles. The number of rotatable bonds is 4. The van der Waals surface area contributed by atoms with Crippen molar-refractivity contribution in [1.82, 2.24) is 0 Å². The second kappa shape index (κ2) is 5.48. The van der Waals surface area contributed by atoms with Crippen molar-refractivity contribution >= 4 is 11.9 Å². The van der Waals surface area contributed by atoms with Gasteiger partial charge in [0.15, 0.2) is 0 Å². The highest BCUT2D eigenvalue weighted by molar-refractivity contribution is 5.78. The van der Waals surface area contributed by atoms with Gasteiger partial charge in [-0.1, -0.05) is 6.07 Å². The minimum absolute atomic E-state index is 0.109. The first-order valence-electron chi connectivity index (χ1n) is 5.40. The van der Waals surface area contributed by atoms with Crippen LogP contribution in [0.15, 0.2) is 12.1 Å². The van der Waals surface area contributed by atoms with E-state index in [0.717, 1.165) is 16.7 Å². The van der Waals surface area contributed by atoms with E-state index in [4.69, 9.17) is 9.84 Å². The Morgan fingerprint density at radius 2 is 1.65 bits per heavy atom. The molecule has 92 valence electrons. The number of aryl methyl sites for hydroxylation is 3. The predicted molar refractivity (Wildman–Crippen MR) is 63.2 cm³/mol. The number of carboxylic acid groups (broad SMARTS) is 1. The third kappa shape index (κ3) is 3.90. The summed E-state index contributed by atoms with van der Waals surface area (Å²) in [7, 11) is 0. The Bertz CT molecular complexity index is 449. The lowest BCUT2D eigenvalue weighted by Crippen LogP contribution is -2.11. The second-order valence-corrected chi connectivity index (χ2v) is 4.07. The summed E-state index contributed by atoms with van der Waals surface area (Å²) in [6, 6.07) is 3.73. The first-order valence-corrected chi connectivity index (χ1v) is 5.40. The molecule has 0 saturated heterocycles. The van der Waals surface area contributed by atoms with Gasteiger partial charge in [0, 0.05) is 0 Å². The van der Waals surface area contributed by atoms with Gasteiger partial charge in [-0.25, -0.2) is 0 Å². The van der Waals surface area contributed by atoms with E-state index < -0.39 is 11.9 Å². The summed E-state index contributed by atoms with van der Waals surface area (Å²) in [5.41, 5.74) is 3.04. The van der Waals surface area contributed by atoms with Crippen LogP contribution in [0, 0.1) is 20.8 Å². The second-order valence-electron chi connectivity index (χ2n) is 4.07. The molecule has 0 aliphatic heterocycles. The monoisotopic (exact) mass is 236 g/mol. The van der Waals surface area contributed by atoms with Gasteiger partial charge in [-0.2, -0.15) is 0 Å². The molecule has 0 fully saturated rings. The third-order valence-corrected chi connectivity index (χ3v) is 2.56. The molecule has 0 amide bonds. The van der Waals surface area contributed by atoms with Crippen LogP contribution in [0.4, 0.5) is 0 Å². The summed E-state index contributed by atoms with van der Waals surface area (Å²) >= 11 is 0. The molecule has 17 heavy (non-hydrogen) atoms. The maximum Gasteiger partial charge on any atom is 0.311 e. The van der Waals surface area contributed by atoms with Crippen LogP contribution in [0.1, 0.15) is 29.5 Å². The quantitative estimate of drug-likeness (QED) is 0.644. The highest BCUT2D eigenvalue weighted by atomic mass is 16.5. The van der Waals surface area contributed by atoms with Gasteiger partial charge in [0.2, 0.25) is 0 Å². The Hall–Kier alpha value is -1.84. The average Bonchev–Trinajstić information content (AvgIpc) is 2.23. The van der Waals surface area contributed by atoms with E-state index in [1.54, 1.807) is 6.07 Å². The minimum Gasteiger partial charge on any atom is -0.481 e. The fourth-order valence-electron chi connectivity index (χ4n) is 1.43. The van der Waals surface area contributed by atoms with Gasteiger partial charge in [-0.15, -0.1) is 0 Å². The predicted octanol–water partition coefficient (Wildman–Crippen LogP) is 2.38. The van der Waals surface area contributed by atoms with E-state index in [1.807, 2.05) is 26.8 Å². The van der Waals surface area contributed by atoms with Crippen LogP contribution in [0.2, 0.25) is 0 Å². The number of esters is 1. The smallest absolute Gasteiger partial charge is 0.311 e. The summed E-state index contributed by atoms with van der Waals surface area (Å²) in [4.78, 5) is 21.7. The van der Waals surface area contributed by atoms with Gasteiger partial charge in [0.25, 0.3) is 0 Å². The Labute approximate surface area is 100 Å². The maximum absolute atomic E-state index is 11.4. The van der Waals surface area contributed by atoms with Crippen LogP contribution in [-0.4, -0.2) is 17.0 Å². The first kappa shape index (κ1) is 13.2.